The van der Waals surface area contributed by atoms with E-state index in [1.54, 1.807) is 0 Å². The van der Waals surface area contributed by atoms with E-state index in [0.717, 1.165) is 6.54 Å². The lowest BCUT2D eigenvalue weighted by molar-refractivity contribution is 0.0607. The molecule has 108 valence electrons. The Bertz CT molecular complexity index is 213. The highest BCUT2D eigenvalue weighted by Gasteiger charge is 2.33. The number of likely N-dealkylation sites (tertiary alicyclic amines) is 1. The van der Waals surface area contributed by atoms with Crippen LogP contribution in [0.4, 0.5) is 0 Å². The molecule has 0 aliphatic carbocycles. The molecule has 2 heteroatoms. The SMILES string of the molecule is CCCNC(C)C(C)N1CCC(CC)(CC)CC1. The number of rotatable bonds is 7. The van der Waals surface area contributed by atoms with Crippen LogP contribution >= 0.6 is 0 Å². The Morgan fingerprint density at radius 2 is 1.61 bits per heavy atom. The molecule has 0 bridgehead atoms. The van der Waals surface area contributed by atoms with Crippen LogP contribution in [0.25, 0.3) is 0 Å². The molecule has 1 N–H and O–H groups in total. The molecule has 2 nitrogen and oxygen atoms in total. The first kappa shape index (κ1) is 16.0. The smallest absolute Gasteiger partial charge is 0.0218 e. The summed E-state index contributed by atoms with van der Waals surface area (Å²) in [4.78, 5) is 2.69. The van der Waals surface area contributed by atoms with Gasteiger partial charge in [-0.05, 0) is 58.2 Å². The average Bonchev–Trinajstić information content (AvgIpc) is 2.44. The average molecular weight is 254 g/mol. The molecule has 1 aliphatic heterocycles. The van der Waals surface area contributed by atoms with E-state index >= 15 is 0 Å². The van der Waals surface area contributed by atoms with Crippen LogP contribution in [0.15, 0.2) is 0 Å². The number of piperidine rings is 1. The van der Waals surface area contributed by atoms with Crippen molar-refractivity contribution in [3.8, 4) is 0 Å². The van der Waals surface area contributed by atoms with Gasteiger partial charge in [-0.15, -0.1) is 0 Å². The molecule has 1 heterocycles. The Morgan fingerprint density at radius 1 is 1.06 bits per heavy atom. The van der Waals surface area contributed by atoms with Gasteiger partial charge in [0.25, 0.3) is 0 Å². The van der Waals surface area contributed by atoms with Crippen molar-refractivity contribution < 1.29 is 0 Å². The van der Waals surface area contributed by atoms with Crippen LogP contribution in [0, 0.1) is 5.41 Å². The van der Waals surface area contributed by atoms with E-state index in [9.17, 15) is 0 Å². The maximum absolute atomic E-state index is 3.64. The van der Waals surface area contributed by atoms with Gasteiger partial charge in [-0.1, -0.05) is 33.6 Å². The second-order valence-electron chi connectivity index (χ2n) is 6.23. The van der Waals surface area contributed by atoms with Crippen molar-refractivity contribution in [1.29, 1.82) is 0 Å². The van der Waals surface area contributed by atoms with Gasteiger partial charge in [-0.25, -0.2) is 0 Å². The van der Waals surface area contributed by atoms with E-state index in [2.05, 4.69) is 44.8 Å². The predicted octanol–water partition coefficient (Wildman–Crippen LogP) is 3.67. The van der Waals surface area contributed by atoms with Crippen molar-refractivity contribution in [1.82, 2.24) is 10.2 Å². The zero-order valence-electron chi connectivity index (χ0n) is 13.3. The molecule has 1 aliphatic rings. The molecular weight excluding hydrogens is 220 g/mol. The molecule has 2 unspecified atom stereocenters. The summed E-state index contributed by atoms with van der Waals surface area (Å²) in [6.45, 7) is 15.4. The Morgan fingerprint density at radius 3 is 2.06 bits per heavy atom. The summed E-state index contributed by atoms with van der Waals surface area (Å²) in [5.74, 6) is 0. The molecular formula is C16H34N2. The van der Waals surface area contributed by atoms with Crippen LogP contribution in [0.1, 0.15) is 66.7 Å². The molecule has 0 saturated carbocycles. The first-order valence-corrected chi connectivity index (χ1v) is 8.06. The summed E-state index contributed by atoms with van der Waals surface area (Å²) in [7, 11) is 0. The normalized spacial score (nSPS) is 23.8. The largest absolute Gasteiger partial charge is 0.313 e. The first-order valence-electron chi connectivity index (χ1n) is 8.06. The quantitative estimate of drug-likeness (QED) is 0.746. The predicted molar refractivity (Wildman–Crippen MR) is 81.0 cm³/mol. The van der Waals surface area contributed by atoms with Gasteiger partial charge in [0.2, 0.25) is 0 Å². The lowest BCUT2D eigenvalue weighted by Gasteiger charge is -2.44. The molecule has 0 aromatic carbocycles. The number of nitrogens with one attached hydrogen (secondary N) is 1. The molecule has 0 aromatic rings. The number of hydrogen-bond donors (Lipinski definition) is 1. The van der Waals surface area contributed by atoms with E-state index in [1.165, 1.54) is 45.2 Å². The van der Waals surface area contributed by atoms with Crippen LogP contribution < -0.4 is 5.32 Å². The molecule has 0 spiro atoms. The zero-order valence-corrected chi connectivity index (χ0v) is 13.3. The summed E-state index contributed by atoms with van der Waals surface area (Å²) in [5.41, 5.74) is 0.649. The van der Waals surface area contributed by atoms with Crippen molar-refractivity contribution in [2.75, 3.05) is 19.6 Å². The number of hydrogen-bond acceptors (Lipinski definition) is 2. The van der Waals surface area contributed by atoms with Gasteiger partial charge in [0, 0.05) is 12.1 Å². The van der Waals surface area contributed by atoms with Crippen molar-refractivity contribution >= 4 is 0 Å². The van der Waals surface area contributed by atoms with E-state index in [0.29, 0.717) is 17.5 Å². The third-order valence-electron chi connectivity index (χ3n) is 5.37. The van der Waals surface area contributed by atoms with Gasteiger partial charge in [0.15, 0.2) is 0 Å². The third kappa shape index (κ3) is 3.96. The number of nitrogens with zero attached hydrogens (tertiary/aromatic N) is 1. The monoisotopic (exact) mass is 254 g/mol. The molecule has 18 heavy (non-hydrogen) atoms. The molecule has 1 rings (SSSR count). The molecule has 2 atom stereocenters. The summed E-state index contributed by atoms with van der Waals surface area (Å²) in [6.07, 6.45) is 6.73. The van der Waals surface area contributed by atoms with Crippen molar-refractivity contribution in [3.05, 3.63) is 0 Å². The van der Waals surface area contributed by atoms with Crippen LogP contribution in [0.3, 0.4) is 0 Å². The maximum Gasteiger partial charge on any atom is 0.0218 e. The molecule has 1 fully saturated rings. The molecule has 0 radical (unpaired) electrons. The van der Waals surface area contributed by atoms with Crippen LogP contribution in [-0.2, 0) is 0 Å². The fraction of sp³-hybridized carbons (Fsp3) is 1.00. The first-order chi connectivity index (χ1) is 8.58. The Kier molecular flexibility index (Phi) is 6.65. The maximum atomic E-state index is 3.64. The fourth-order valence-corrected chi connectivity index (χ4v) is 3.22. The van der Waals surface area contributed by atoms with Gasteiger partial charge in [0.1, 0.15) is 0 Å². The molecule has 0 aromatic heterocycles. The lowest BCUT2D eigenvalue weighted by Crippen LogP contribution is -2.51. The van der Waals surface area contributed by atoms with Crippen molar-refractivity contribution in [2.24, 2.45) is 5.41 Å². The zero-order chi connectivity index (χ0) is 13.6. The van der Waals surface area contributed by atoms with E-state index in [4.69, 9.17) is 0 Å². The minimum atomic E-state index is 0.612. The summed E-state index contributed by atoms with van der Waals surface area (Å²) < 4.78 is 0. The Balaban J connectivity index is 2.42. The second-order valence-corrected chi connectivity index (χ2v) is 6.23. The van der Waals surface area contributed by atoms with Crippen LogP contribution in [0.2, 0.25) is 0 Å². The van der Waals surface area contributed by atoms with Crippen LogP contribution in [0.5, 0.6) is 0 Å². The van der Waals surface area contributed by atoms with E-state index in [1.807, 2.05) is 0 Å². The second kappa shape index (κ2) is 7.49. The van der Waals surface area contributed by atoms with Gasteiger partial charge in [-0.3, -0.25) is 4.90 Å². The highest BCUT2D eigenvalue weighted by molar-refractivity contribution is 4.88. The summed E-state index contributed by atoms with van der Waals surface area (Å²) in [5, 5.41) is 3.64. The highest BCUT2D eigenvalue weighted by atomic mass is 15.2. The van der Waals surface area contributed by atoms with Gasteiger partial charge in [0.05, 0.1) is 0 Å². The summed E-state index contributed by atoms with van der Waals surface area (Å²) >= 11 is 0. The fourth-order valence-electron chi connectivity index (χ4n) is 3.22. The summed E-state index contributed by atoms with van der Waals surface area (Å²) in [6, 6.07) is 1.28. The van der Waals surface area contributed by atoms with Crippen LogP contribution in [-0.4, -0.2) is 36.6 Å². The lowest BCUT2D eigenvalue weighted by atomic mass is 9.74. The van der Waals surface area contributed by atoms with Gasteiger partial charge >= 0.3 is 0 Å². The molecule has 0 amide bonds. The van der Waals surface area contributed by atoms with Gasteiger partial charge in [-0.2, -0.15) is 0 Å². The minimum Gasteiger partial charge on any atom is -0.313 e. The van der Waals surface area contributed by atoms with E-state index < -0.39 is 0 Å². The van der Waals surface area contributed by atoms with Gasteiger partial charge < -0.3 is 5.32 Å². The van der Waals surface area contributed by atoms with Crippen molar-refractivity contribution in [2.45, 2.75) is 78.8 Å². The third-order valence-corrected chi connectivity index (χ3v) is 5.37. The highest BCUT2D eigenvalue weighted by Crippen LogP contribution is 2.38. The molecule has 1 saturated heterocycles. The van der Waals surface area contributed by atoms with Crippen molar-refractivity contribution in [3.63, 3.8) is 0 Å². The standard InChI is InChI=1S/C16H34N2/c1-6-11-17-14(4)15(5)18-12-9-16(7-2,8-3)10-13-18/h14-15,17H,6-13H2,1-5H3. The van der Waals surface area contributed by atoms with E-state index in [-0.39, 0.29) is 0 Å². The minimum absolute atomic E-state index is 0.612. The Hall–Kier alpha value is -0.0800. The topological polar surface area (TPSA) is 15.3 Å². The Labute approximate surface area is 115 Å².